The predicted octanol–water partition coefficient (Wildman–Crippen LogP) is 4.41. The average molecular weight is 472 g/mol. The number of rotatable bonds is 7. The molecule has 1 aliphatic heterocycles. The molecule has 0 radical (unpaired) electrons. The Kier molecular flexibility index (Phi) is 7.57. The van der Waals surface area contributed by atoms with E-state index in [1.54, 1.807) is 30.1 Å². The first kappa shape index (κ1) is 25.3. The van der Waals surface area contributed by atoms with Crippen LogP contribution in [0, 0.1) is 0 Å². The number of para-hydroxylation sites is 1. The number of esters is 1. The Bertz CT molecular complexity index is 1020. The first-order chi connectivity index (χ1) is 15.5. The van der Waals surface area contributed by atoms with E-state index in [-0.39, 0.29) is 11.9 Å². The fraction of sp³-hybridized carbons (Fsp3) is 0.440. The Morgan fingerprint density at radius 1 is 1.06 bits per heavy atom. The lowest BCUT2D eigenvalue weighted by Gasteiger charge is -2.32. The van der Waals surface area contributed by atoms with Crippen molar-refractivity contribution in [2.75, 3.05) is 19.1 Å². The molecule has 0 saturated carbocycles. The van der Waals surface area contributed by atoms with Crippen LogP contribution in [-0.4, -0.2) is 44.4 Å². The van der Waals surface area contributed by atoms with E-state index in [0.29, 0.717) is 35.3 Å². The molecule has 3 rings (SSSR count). The monoisotopic (exact) mass is 471 g/mol. The van der Waals surface area contributed by atoms with Crippen LogP contribution >= 0.6 is 11.6 Å². The summed E-state index contributed by atoms with van der Waals surface area (Å²) < 4.78 is 17.0. The molecule has 0 aliphatic carbocycles. The standard InChI is InChI=1S/C25H31BClNO5/c1-24(2)25(3,4)33-26(32-24)19-16-18(14-15-20(19)27)23(30)28(5)21-12-8-7-10-17(21)11-9-13-22(29)31-6/h7-8,10,12,14-16H,9,11,13H2,1-6H3. The summed E-state index contributed by atoms with van der Waals surface area (Å²) in [6.07, 6.45) is 1.62. The molecule has 2 aromatic carbocycles. The second-order valence-corrected chi connectivity index (χ2v) is 9.65. The Morgan fingerprint density at radius 3 is 2.33 bits per heavy atom. The molecule has 1 amide bonds. The van der Waals surface area contributed by atoms with Gasteiger partial charge in [-0.15, -0.1) is 0 Å². The van der Waals surface area contributed by atoms with Gasteiger partial charge in [0.15, 0.2) is 0 Å². The lowest BCUT2D eigenvalue weighted by atomic mass is 9.78. The molecule has 1 aliphatic rings. The fourth-order valence-corrected chi connectivity index (χ4v) is 3.91. The summed E-state index contributed by atoms with van der Waals surface area (Å²) >= 11 is 6.46. The minimum atomic E-state index is -0.661. The highest BCUT2D eigenvalue weighted by molar-refractivity contribution is 6.65. The van der Waals surface area contributed by atoms with Crippen molar-refractivity contribution in [1.82, 2.24) is 0 Å². The smallest absolute Gasteiger partial charge is 0.469 e. The number of benzene rings is 2. The number of halogens is 1. The van der Waals surface area contributed by atoms with Gasteiger partial charge in [-0.1, -0.05) is 29.8 Å². The molecule has 0 N–H and O–H groups in total. The van der Waals surface area contributed by atoms with Crippen molar-refractivity contribution >= 4 is 41.7 Å². The van der Waals surface area contributed by atoms with Gasteiger partial charge < -0.3 is 18.9 Å². The van der Waals surface area contributed by atoms with E-state index in [1.807, 2.05) is 52.0 Å². The Labute approximate surface area is 201 Å². The van der Waals surface area contributed by atoms with Crippen LogP contribution < -0.4 is 10.4 Å². The fourth-order valence-electron chi connectivity index (χ4n) is 3.71. The minimum Gasteiger partial charge on any atom is -0.469 e. The molecule has 1 fully saturated rings. The second kappa shape index (κ2) is 9.88. The minimum absolute atomic E-state index is 0.176. The van der Waals surface area contributed by atoms with Gasteiger partial charge in [0.05, 0.1) is 18.3 Å². The van der Waals surface area contributed by atoms with E-state index < -0.39 is 18.3 Å². The molecule has 1 heterocycles. The van der Waals surface area contributed by atoms with Crippen LogP contribution in [0.3, 0.4) is 0 Å². The number of anilines is 1. The van der Waals surface area contributed by atoms with Crippen molar-refractivity contribution in [3.8, 4) is 0 Å². The van der Waals surface area contributed by atoms with E-state index in [4.69, 9.17) is 25.6 Å². The number of ether oxygens (including phenoxy) is 1. The van der Waals surface area contributed by atoms with Crippen molar-refractivity contribution in [2.24, 2.45) is 0 Å². The number of amides is 1. The number of methoxy groups -OCH3 is 1. The summed E-state index contributed by atoms with van der Waals surface area (Å²) in [5.74, 6) is -0.418. The van der Waals surface area contributed by atoms with Crippen molar-refractivity contribution in [2.45, 2.75) is 58.2 Å². The van der Waals surface area contributed by atoms with Crippen LogP contribution in [0.5, 0.6) is 0 Å². The molecule has 1 saturated heterocycles. The van der Waals surface area contributed by atoms with Crippen molar-refractivity contribution in [3.63, 3.8) is 0 Å². The van der Waals surface area contributed by atoms with Gasteiger partial charge in [0.1, 0.15) is 0 Å². The molecule has 0 aromatic heterocycles. The zero-order valence-electron chi connectivity index (χ0n) is 20.1. The number of carbonyl (C=O) groups is 2. The third-order valence-electron chi connectivity index (χ3n) is 6.46. The van der Waals surface area contributed by atoms with E-state index in [9.17, 15) is 9.59 Å². The summed E-state index contributed by atoms with van der Waals surface area (Å²) in [5, 5.41) is 0.482. The van der Waals surface area contributed by atoms with Gasteiger partial charge in [-0.25, -0.2) is 0 Å². The molecule has 8 heteroatoms. The van der Waals surface area contributed by atoms with Gasteiger partial charge in [0, 0.05) is 35.2 Å². The van der Waals surface area contributed by atoms with Gasteiger partial charge in [-0.3, -0.25) is 9.59 Å². The average Bonchev–Trinajstić information content (AvgIpc) is 2.99. The number of carbonyl (C=O) groups excluding carboxylic acids is 2. The van der Waals surface area contributed by atoms with Crippen LogP contribution in [0.4, 0.5) is 5.69 Å². The summed E-state index contributed by atoms with van der Waals surface area (Å²) in [6.45, 7) is 7.89. The predicted molar refractivity (Wildman–Crippen MR) is 131 cm³/mol. The summed E-state index contributed by atoms with van der Waals surface area (Å²) in [7, 11) is 2.46. The maximum Gasteiger partial charge on any atom is 0.496 e. The van der Waals surface area contributed by atoms with Crippen molar-refractivity contribution in [3.05, 3.63) is 58.6 Å². The first-order valence-electron chi connectivity index (χ1n) is 11.0. The number of nitrogens with zero attached hydrogens (tertiary/aromatic N) is 1. The normalized spacial score (nSPS) is 16.5. The summed E-state index contributed by atoms with van der Waals surface area (Å²) in [4.78, 5) is 26.4. The molecule has 2 aromatic rings. The maximum absolute atomic E-state index is 13.4. The van der Waals surface area contributed by atoms with Gasteiger partial charge in [0.25, 0.3) is 5.91 Å². The molecular weight excluding hydrogens is 441 g/mol. The van der Waals surface area contributed by atoms with Gasteiger partial charge in [-0.2, -0.15) is 0 Å². The lowest BCUT2D eigenvalue weighted by Crippen LogP contribution is -2.41. The molecule has 33 heavy (non-hydrogen) atoms. The Balaban J connectivity index is 1.82. The molecule has 0 bridgehead atoms. The maximum atomic E-state index is 13.4. The van der Waals surface area contributed by atoms with Crippen molar-refractivity contribution < 1.29 is 23.6 Å². The largest absolute Gasteiger partial charge is 0.496 e. The van der Waals surface area contributed by atoms with Crippen LogP contribution in [0.2, 0.25) is 5.02 Å². The molecule has 0 atom stereocenters. The van der Waals surface area contributed by atoms with E-state index in [2.05, 4.69) is 0 Å². The first-order valence-corrected chi connectivity index (χ1v) is 11.4. The van der Waals surface area contributed by atoms with Gasteiger partial charge in [-0.05, 0) is 70.4 Å². The highest BCUT2D eigenvalue weighted by atomic mass is 35.5. The third kappa shape index (κ3) is 5.43. The molecular formula is C25H31BClNO5. The third-order valence-corrected chi connectivity index (χ3v) is 6.81. The van der Waals surface area contributed by atoms with Gasteiger partial charge in [0.2, 0.25) is 0 Å². The quantitative estimate of drug-likeness (QED) is 0.442. The summed E-state index contributed by atoms with van der Waals surface area (Å²) in [5.41, 5.74) is 1.86. The van der Waals surface area contributed by atoms with E-state index in [0.717, 1.165) is 11.3 Å². The highest BCUT2D eigenvalue weighted by Gasteiger charge is 2.52. The zero-order chi connectivity index (χ0) is 24.4. The van der Waals surface area contributed by atoms with Crippen molar-refractivity contribution in [1.29, 1.82) is 0 Å². The van der Waals surface area contributed by atoms with Crippen LogP contribution in [-0.2, 0) is 25.3 Å². The topological polar surface area (TPSA) is 65.1 Å². The molecule has 0 unspecified atom stereocenters. The van der Waals surface area contributed by atoms with Crippen LogP contribution in [0.25, 0.3) is 0 Å². The molecule has 0 spiro atoms. The SMILES string of the molecule is COC(=O)CCCc1ccccc1N(C)C(=O)c1ccc(Cl)c(B2OC(C)(C)C(C)(C)O2)c1. The Hall–Kier alpha value is -2.35. The van der Waals surface area contributed by atoms with Crippen LogP contribution in [0.1, 0.15) is 56.5 Å². The Morgan fingerprint density at radius 2 is 1.70 bits per heavy atom. The molecule has 6 nitrogen and oxygen atoms in total. The summed E-state index contributed by atoms with van der Waals surface area (Å²) in [6, 6.07) is 12.8. The van der Waals surface area contributed by atoms with E-state index >= 15 is 0 Å². The number of hydrogen-bond acceptors (Lipinski definition) is 5. The number of aryl methyl sites for hydroxylation is 1. The molecule has 176 valence electrons. The lowest BCUT2D eigenvalue weighted by molar-refractivity contribution is -0.140. The van der Waals surface area contributed by atoms with Crippen LogP contribution in [0.15, 0.2) is 42.5 Å². The highest BCUT2D eigenvalue weighted by Crippen LogP contribution is 2.37. The second-order valence-electron chi connectivity index (χ2n) is 9.25. The zero-order valence-corrected chi connectivity index (χ0v) is 20.9. The van der Waals surface area contributed by atoms with Gasteiger partial charge >= 0.3 is 13.1 Å². The number of hydrogen-bond donors (Lipinski definition) is 0. The van der Waals surface area contributed by atoms with E-state index in [1.165, 1.54) is 7.11 Å².